The molecule has 0 bridgehead atoms. The Morgan fingerprint density at radius 2 is 2.07 bits per heavy atom. The van der Waals surface area contributed by atoms with Crippen LogP contribution in [0, 0.1) is 11.7 Å². The predicted molar refractivity (Wildman–Crippen MR) is 65.5 cm³/mol. The molecule has 0 aliphatic rings. The molecule has 0 aliphatic heterocycles. The Labute approximate surface area is 103 Å². The van der Waals surface area contributed by atoms with Crippen LogP contribution < -0.4 is 5.73 Å². The van der Waals surface area contributed by atoms with Gasteiger partial charge in [0.1, 0.15) is 5.82 Å². The second-order valence-electron chi connectivity index (χ2n) is 4.00. The minimum absolute atomic E-state index is 0.103. The highest BCUT2D eigenvalue weighted by atomic mass is 79.9. The third-order valence-electron chi connectivity index (χ3n) is 2.19. The second-order valence-corrected chi connectivity index (χ2v) is 5.23. The average molecular weight is 295 g/mol. The summed E-state index contributed by atoms with van der Waals surface area (Å²) in [6.07, 6.45) is 0.745. The molecule has 84 valence electrons. The molecule has 1 nitrogen and oxygen atoms in total. The first-order valence-corrected chi connectivity index (χ1v) is 5.99. The van der Waals surface area contributed by atoms with Gasteiger partial charge < -0.3 is 5.73 Å². The third kappa shape index (κ3) is 3.16. The maximum atomic E-state index is 13.7. The molecule has 1 aromatic carbocycles. The monoisotopic (exact) mass is 293 g/mol. The van der Waals surface area contributed by atoms with Gasteiger partial charge in [0.25, 0.3) is 0 Å². The van der Waals surface area contributed by atoms with Gasteiger partial charge in [0.15, 0.2) is 0 Å². The standard InChI is InChI=1S/C11H14BrClFN/c1-6(2)5-9(15)7-3-4-8(12)10(13)11(7)14/h3-4,6,9H,5,15H2,1-2H3. The van der Waals surface area contributed by atoms with Crippen molar-refractivity contribution < 1.29 is 4.39 Å². The number of halogens is 3. The zero-order chi connectivity index (χ0) is 11.6. The fraction of sp³-hybridized carbons (Fsp3) is 0.455. The summed E-state index contributed by atoms with van der Waals surface area (Å²) in [6, 6.07) is 3.11. The first-order chi connectivity index (χ1) is 6.93. The molecule has 0 saturated heterocycles. The van der Waals surface area contributed by atoms with Gasteiger partial charge in [0, 0.05) is 16.1 Å². The lowest BCUT2D eigenvalue weighted by Gasteiger charge is -2.16. The molecule has 0 aromatic heterocycles. The van der Waals surface area contributed by atoms with Gasteiger partial charge in [-0.25, -0.2) is 4.39 Å². The lowest BCUT2D eigenvalue weighted by Crippen LogP contribution is -2.14. The van der Waals surface area contributed by atoms with Crippen molar-refractivity contribution in [1.82, 2.24) is 0 Å². The lowest BCUT2D eigenvalue weighted by atomic mass is 9.97. The molecule has 0 saturated carbocycles. The fourth-order valence-corrected chi connectivity index (χ4v) is 1.94. The molecule has 2 N–H and O–H groups in total. The van der Waals surface area contributed by atoms with E-state index >= 15 is 0 Å². The Kier molecular flexibility index (Phi) is 4.56. The van der Waals surface area contributed by atoms with E-state index in [9.17, 15) is 4.39 Å². The largest absolute Gasteiger partial charge is 0.324 e. The van der Waals surface area contributed by atoms with Crippen LogP contribution in [-0.4, -0.2) is 0 Å². The minimum Gasteiger partial charge on any atom is -0.324 e. The van der Waals surface area contributed by atoms with Crippen LogP contribution >= 0.6 is 27.5 Å². The summed E-state index contributed by atoms with van der Waals surface area (Å²) in [5.41, 5.74) is 6.39. The van der Waals surface area contributed by atoms with Crippen LogP contribution in [0.15, 0.2) is 16.6 Å². The average Bonchev–Trinajstić information content (AvgIpc) is 2.13. The lowest BCUT2D eigenvalue weighted by molar-refractivity contribution is 0.489. The summed E-state index contributed by atoms with van der Waals surface area (Å²) in [5, 5.41) is 0.103. The molecule has 0 amide bonds. The van der Waals surface area contributed by atoms with Crippen molar-refractivity contribution >= 4 is 27.5 Å². The number of nitrogens with two attached hydrogens (primary N) is 1. The summed E-state index contributed by atoms with van der Waals surface area (Å²) in [6.45, 7) is 4.11. The third-order valence-corrected chi connectivity index (χ3v) is 3.45. The predicted octanol–water partition coefficient (Wildman–Crippen LogP) is 4.29. The summed E-state index contributed by atoms with van der Waals surface area (Å²) < 4.78 is 14.3. The molecular weight excluding hydrogens is 280 g/mol. The first-order valence-electron chi connectivity index (χ1n) is 4.82. The van der Waals surface area contributed by atoms with E-state index in [0.29, 0.717) is 16.0 Å². The molecule has 0 aliphatic carbocycles. The van der Waals surface area contributed by atoms with Gasteiger partial charge in [-0.3, -0.25) is 0 Å². The van der Waals surface area contributed by atoms with Crippen molar-refractivity contribution in [2.45, 2.75) is 26.3 Å². The maximum absolute atomic E-state index is 13.7. The van der Waals surface area contributed by atoms with Crippen molar-refractivity contribution in [3.8, 4) is 0 Å². The number of hydrogen-bond acceptors (Lipinski definition) is 1. The molecule has 1 rings (SSSR count). The smallest absolute Gasteiger partial charge is 0.147 e. The van der Waals surface area contributed by atoms with E-state index in [1.807, 2.05) is 0 Å². The van der Waals surface area contributed by atoms with Crippen LogP contribution in [0.4, 0.5) is 4.39 Å². The fourth-order valence-electron chi connectivity index (χ4n) is 1.46. The van der Waals surface area contributed by atoms with Crippen molar-refractivity contribution in [1.29, 1.82) is 0 Å². The van der Waals surface area contributed by atoms with Gasteiger partial charge in [0.05, 0.1) is 5.02 Å². The molecule has 1 atom stereocenters. The summed E-state index contributed by atoms with van der Waals surface area (Å²) >= 11 is 8.95. The highest BCUT2D eigenvalue weighted by molar-refractivity contribution is 9.10. The van der Waals surface area contributed by atoms with E-state index in [4.69, 9.17) is 17.3 Å². The highest BCUT2D eigenvalue weighted by Crippen LogP contribution is 2.31. The Morgan fingerprint density at radius 3 is 2.60 bits per heavy atom. The van der Waals surface area contributed by atoms with Gasteiger partial charge in [-0.2, -0.15) is 0 Å². The van der Waals surface area contributed by atoms with E-state index in [1.54, 1.807) is 12.1 Å². The summed E-state index contributed by atoms with van der Waals surface area (Å²) in [7, 11) is 0. The van der Waals surface area contributed by atoms with Crippen molar-refractivity contribution in [2.24, 2.45) is 11.7 Å². The molecule has 0 radical (unpaired) electrons. The SMILES string of the molecule is CC(C)CC(N)c1ccc(Br)c(Cl)c1F. The molecular formula is C11H14BrClFN. The van der Waals surface area contributed by atoms with Crippen LogP contribution in [0.2, 0.25) is 5.02 Å². The van der Waals surface area contributed by atoms with E-state index in [2.05, 4.69) is 29.8 Å². The molecule has 1 aromatic rings. The van der Waals surface area contributed by atoms with Crippen molar-refractivity contribution in [2.75, 3.05) is 0 Å². The Hall–Kier alpha value is -0.120. The minimum atomic E-state index is -0.417. The molecule has 1 unspecified atom stereocenters. The van der Waals surface area contributed by atoms with Crippen molar-refractivity contribution in [3.63, 3.8) is 0 Å². The van der Waals surface area contributed by atoms with Gasteiger partial charge in [-0.1, -0.05) is 31.5 Å². The summed E-state index contributed by atoms with van der Waals surface area (Å²) in [5.74, 6) is 0.0148. The molecule has 4 heteroatoms. The zero-order valence-electron chi connectivity index (χ0n) is 8.73. The van der Waals surface area contributed by atoms with Gasteiger partial charge in [-0.15, -0.1) is 0 Å². The van der Waals surface area contributed by atoms with Crippen LogP contribution in [0.1, 0.15) is 31.9 Å². The normalized spacial score (nSPS) is 13.3. The number of benzene rings is 1. The molecule has 0 spiro atoms. The Bertz CT molecular complexity index is 355. The highest BCUT2D eigenvalue weighted by Gasteiger charge is 2.16. The number of hydrogen-bond donors (Lipinski definition) is 1. The van der Waals surface area contributed by atoms with Gasteiger partial charge >= 0.3 is 0 Å². The van der Waals surface area contributed by atoms with Crippen LogP contribution in [0.3, 0.4) is 0 Å². The van der Waals surface area contributed by atoms with Crippen LogP contribution in [0.25, 0.3) is 0 Å². The van der Waals surface area contributed by atoms with Crippen molar-refractivity contribution in [3.05, 3.63) is 33.0 Å². The van der Waals surface area contributed by atoms with Gasteiger partial charge in [-0.05, 0) is 34.3 Å². The summed E-state index contributed by atoms with van der Waals surface area (Å²) in [4.78, 5) is 0. The quantitative estimate of drug-likeness (QED) is 0.827. The first kappa shape index (κ1) is 12.9. The van der Waals surface area contributed by atoms with E-state index in [1.165, 1.54) is 0 Å². The zero-order valence-corrected chi connectivity index (χ0v) is 11.1. The van der Waals surface area contributed by atoms with Crippen LogP contribution in [0.5, 0.6) is 0 Å². The Balaban J connectivity index is 3.00. The number of rotatable bonds is 3. The van der Waals surface area contributed by atoms with E-state index in [-0.39, 0.29) is 11.1 Å². The van der Waals surface area contributed by atoms with Gasteiger partial charge in [0.2, 0.25) is 0 Å². The molecule has 15 heavy (non-hydrogen) atoms. The topological polar surface area (TPSA) is 26.0 Å². The molecule has 0 fully saturated rings. The van der Waals surface area contributed by atoms with E-state index < -0.39 is 5.82 Å². The molecule has 0 heterocycles. The van der Waals surface area contributed by atoms with E-state index in [0.717, 1.165) is 6.42 Å². The maximum Gasteiger partial charge on any atom is 0.147 e. The van der Waals surface area contributed by atoms with Crippen LogP contribution in [-0.2, 0) is 0 Å². The Morgan fingerprint density at radius 1 is 1.47 bits per heavy atom. The second kappa shape index (κ2) is 5.28.